The Hall–Kier alpha value is -1.35. The molecule has 3 heteroatoms. The molecule has 0 radical (unpaired) electrons. The summed E-state index contributed by atoms with van der Waals surface area (Å²) in [6.07, 6.45) is 5.95. The lowest BCUT2D eigenvalue weighted by Gasteiger charge is -2.05. The fourth-order valence-electron chi connectivity index (χ4n) is 1.90. The van der Waals surface area contributed by atoms with E-state index in [-0.39, 0.29) is 6.61 Å². The Morgan fingerprint density at radius 1 is 1.00 bits per heavy atom. The minimum absolute atomic E-state index is 0.266. The van der Waals surface area contributed by atoms with Crippen LogP contribution in [-0.4, -0.2) is 22.8 Å². The van der Waals surface area contributed by atoms with Crippen LogP contribution in [0.2, 0.25) is 0 Å². The Balaban J connectivity index is 2.34. The van der Waals surface area contributed by atoms with Crippen LogP contribution in [0.5, 0.6) is 0 Å². The van der Waals surface area contributed by atoms with Crippen molar-refractivity contribution >= 4 is 5.97 Å². The molecule has 0 spiro atoms. The van der Waals surface area contributed by atoms with E-state index < -0.39 is 5.97 Å². The van der Waals surface area contributed by atoms with E-state index in [9.17, 15) is 4.79 Å². The van der Waals surface area contributed by atoms with E-state index in [0.29, 0.717) is 5.56 Å². The smallest absolute Gasteiger partial charge is 0.335 e. The predicted octanol–water partition coefficient (Wildman–Crippen LogP) is 2.87. The van der Waals surface area contributed by atoms with Gasteiger partial charge < -0.3 is 10.2 Å². The molecule has 0 aliphatic carbocycles. The summed E-state index contributed by atoms with van der Waals surface area (Å²) < 4.78 is 0. The van der Waals surface area contributed by atoms with Gasteiger partial charge in [0, 0.05) is 6.61 Å². The molecule has 0 atom stereocenters. The lowest BCUT2D eigenvalue weighted by molar-refractivity contribution is 0.0695. The third kappa shape index (κ3) is 5.00. The Kier molecular flexibility index (Phi) is 6.33. The summed E-state index contributed by atoms with van der Waals surface area (Å²) in [6.45, 7) is 0.266. The number of rotatable bonds is 8. The third-order valence-corrected chi connectivity index (χ3v) is 2.85. The van der Waals surface area contributed by atoms with Gasteiger partial charge in [0.05, 0.1) is 5.56 Å². The molecule has 0 saturated heterocycles. The van der Waals surface area contributed by atoms with Crippen LogP contribution in [-0.2, 0) is 6.42 Å². The molecule has 0 aliphatic rings. The first-order valence-corrected chi connectivity index (χ1v) is 6.17. The van der Waals surface area contributed by atoms with Crippen molar-refractivity contribution in [1.29, 1.82) is 0 Å². The number of carboxylic acids is 1. The van der Waals surface area contributed by atoms with Gasteiger partial charge in [0.2, 0.25) is 0 Å². The van der Waals surface area contributed by atoms with E-state index in [2.05, 4.69) is 0 Å². The Morgan fingerprint density at radius 3 is 2.35 bits per heavy atom. The first kappa shape index (κ1) is 13.7. The summed E-state index contributed by atoms with van der Waals surface area (Å²) in [5.74, 6) is -0.846. The van der Waals surface area contributed by atoms with Crippen LogP contribution in [0, 0.1) is 0 Å². The largest absolute Gasteiger partial charge is 0.478 e. The van der Waals surface area contributed by atoms with E-state index in [0.717, 1.165) is 44.1 Å². The molecule has 17 heavy (non-hydrogen) atoms. The van der Waals surface area contributed by atoms with Gasteiger partial charge in [-0.3, -0.25) is 0 Å². The standard InChI is InChI=1S/C14H20O3/c15-11-7-3-1-2-4-8-12-9-5-6-10-13(12)14(16)17/h5-6,9-10,15H,1-4,7-8,11H2,(H,16,17). The minimum Gasteiger partial charge on any atom is -0.478 e. The van der Waals surface area contributed by atoms with E-state index in [1.165, 1.54) is 0 Å². The molecule has 0 heterocycles. The Morgan fingerprint density at radius 2 is 1.65 bits per heavy atom. The first-order chi connectivity index (χ1) is 8.25. The molecular weight excluding hydrogens is 216 g/mol. The van der Waals surface area contributed by atoms with Gasteiger partial charge in [-0.25, -0.2) is 4.79 Å². The van der Waals surface area contributed by atoms with E-state index in [1.54, 1.807) is 12.1 Å². The number of aliphatic hydroxyl groups is 1. The second-order valence-corrected chi connectivity index (χ2v) is 4.20. The molecule has 0 bridgehead atoms. The molecule has 0 aliphatic heterocycles. The number of carboxylic acid groups (broad SMARTS) is 1. The molecule has 0 amide bonds. The van der Waals surface area contributed by atoms with Crippen molar-refractivity contribution in [1.82, 2.24) is 0 Å². The second-order valence-electron chi connectivity index (χ2n) is 4.20. The highest BCUT2D eigenvalue weighted by Gasteiger charge is 2.07. The molecule has 2 N–H and O–H groups in total. The second kappa shape index (κ2) is 7.85. The van der Waals surface area contributed by atoms with Crippen LogP contribution in [0.3, 0.4) is 0 Å². The molecule has 0 fully saturated rings. The van der Waals surface area contributed by atoms with Crippen molar-refractivity contribution in [2.24, 2.45) is 0 Å². The zero-order valence-corrected chi connectivity index (χ0v) is 10.1. The number of aliphatic hydroxyl groups excluding tert-OH is 1. The summed E-state index contributed by atoms with van der Waals surface area (Å²) in [7, 11) is 0. The maximum Gasteiger partial charge on any atom is 0.335 e. The summed E-state index contributed by atoms with van der Waals surface area (Å²) in [6, 6.07) is 7.18. The molecule has 0 aromatic heterocycles. The van der Waals surface area contributed by atoms with Crippen molar-refractivity contribution in [3.63, 3.8) is 0 Å². The van der Waals surface area contributed by atoms with Crippen molar-refractivity contribution in [2.45, 2.75) is 38.5 Å². The predicted molar refractivity (Wildman–Crippen MR) is 67.3 cm³/mol. The number of carbonyl (C=O) groups is 1. The van der Waals surface area contributed by atoms with Crippen LogP contribution >= 0.6 is 0 Å². The zero-order valence-electron chi connectivity index (χ0n) is 10.1. The van der Waals surface area contributed by atoms with Crippen molar-refractivity contribution in [3.8, 4) is 0 Å². The lowest BCUT2D eigenvalue weighted by atomic mass is 10.0. The maximum atomic E-state index is 11.0. The summed E-state index contributed by atoms with van der Waals surface area (Å²) in [5, 5.41) is 17.6. The number of aromatic carboxylic acids is 1. The highest BCUT2D eigenvalue weighted by Crippen LogP contribution is 2.13. The highest BCUT2D eigenvalue weighted by molar-refractivity contribution is 5.89. The topological polar surface area (TPSA) is 57.5 Å². The fourth-order valence-corrected chi connectivity index (χ4v) is 1.90. The van der Waals surface area contributed by atoms with Gasteiger partial charge in [-0.2, -0.15) is 0 Å². The molecular formula is C14H20O3. The van der Waals surface area contributed by atoms with Gasteiger partial charge in [0.1, 0.15) is 0 Å². The van der Waals surface area contributed by atoms with Gasteiger partial charge in [0.15, 0.2) is 0 Å². The summed E-state index contributed by atoms with van der Waals surface area (Å²) in [4.78, 5) is 11.0. The lowest BCUT2D eigenvalue weighted by Crippen LogP contribution is -2.02. The maximum absolute atomic E-state index is 11.0. The van der Waals surface area contributed by atoms with Crippen LogP contribution in [0.15, 0.2) is 24.3 Å². The van der Waals surface area contributed by atoms with Crippen LogP contribution in [0.25, 0.3) is 0 Å². The van der Waals surface area contributed by atoms with E-state index in [4.69, 9.17) is 10.2 Å². The van der Waals surface area contributed by atoms with Gasteiger partial charge >= 0.3 is 5.97 Å². The molecule has 1 aromatic carbocycles. The SMILES string of the molecule is O=C(O)c1ccccc1CCCCCCCO. The monoisotopic (exact) mass is 236 g/mol. The van der Waals surface area contributed by atoms with Crippen molar-refractivity contribution in [2.75, 3.05) is 6.61 Å². The normalized spacial score (nSPS) is 10.4. The van der Waals surface area contributed by atoms with E-state index in [1.807, 2.05) is 12.1 Å². The number of unbranched alkanes of at least 4 members (excludes halogenated alkanes) is 4. The minimum atomic E-state index is -0.846. The van der Waals surface area contributed by atoms with Gasteiger partial charge in [-0.05, 0) is 30.9 Å². The summed E-state index contributed by atoms with van der Waals surface area (Å²) >= 11 is 0. The highest BCUT2D eigenvalue weighted by atomic mass is 16.4. The molecule has 3 nitrogen and oxygen atoms in total. The average Bonchev–Trinajstić information content (AvgIpc) is 2.34. The average molecular weight is 236 g/mol. The fraction of sp³-hybridized carbons (Fsp3) is 0.500. The van der Waals surface area contributed by atoms with Crippen LogP contribution < -0.4 is 0 Å². The van der Waals surface area contributed by atoms with Gasteiger partial charge in [0.25, 0.3) is 0 Å². The molecule has 1 rings (SSSR count). The number of hydrogen-bond donors (Lipinski definition) is 2. The first-order valence-electron chi connectivity index (χ1n) is 6.17. The molecule has 1 aromatic rings. The Bertz CT molecular complexity index is 347. The van der Waals surface area contributed by atoms with Crippen LogP contribution in [0.1, 0.15) is 48.0 Å². The van der Waals surface area contributed by atoms with E-state index >= 15 is 0 Å². The summed E-state index contributed by atoms with van der Waals surface area (Å²) in [5.41, 5.74) is 1.34. The molecule has 94 valence electrons. The van der Waals surface area contributed by atoms with Crippen molar-refractivity contribution in [3.05, 3.63) is 35.4 Å². The Labute approximate surface area is 102 Å². The quantitative estimate of drug-likeness (QED) is 0.682. The third-order valence-electron chi connectivity index (χ3n) is 2.85. The molecule has 0 unspecified atom stereocenters. The zero-order chi connectivity index (χ0) is 12.5. The van der Waals surface area contributed by atoms with Gasteiger partial charge in [-0.1, -0.05) is 37.5 Å². The van der Waals surface area contributed by atoms with Gasteiger partial charge in [-0.15, -0.1) is 0 Å². The van der Waals surface area contributed by atoms with Crippen LogP contribution in [0.4, 0.5) is 0 Å². The number of benzene rings is 1. The van der Waals surface area contributed by atoms with Crippen molar-refractivity contribution < 1.29 is 15.0 Å². The number of hydrogen-bond acceptors (Lipinski definition) is 2. The molecule has 0 saturated carbocycles. The number of aryl methyl sites for hydroxylation is 1.